The summed E-state index contributed by atoms with van der Waals surface area (Å²) >= 11 is 0. The van der Waals surface area contributed by atoms with E-state index in [0.717, 1.165) is 36.2 Å². The summed E-state index contributed by atoms with van der Waals surface area (Å²) in [6.45, 7) is 0.858. The number of carbonyl (C=O) groups is 1. The van der Waals surface area contributed by atoms with Gasteiger partial charge < -0.3 is 14.9 Å². The Hall–Kier alpha value is -1.39. The number of amides is 1. The highest BCUT2D eigenvalue weighted by Gasteiger charge is 2.21. The zero-order valence-corrected chi connectivity index (χ0v) is 11.9. The van der Waals surface area contributed by atoms with E-state index in [1.165, 1.54) is 0 Å². The number of benzene rings is 1. The molecule has 1 aliphatic rings. The third-order valence-corrected chi connectivity index (χ3v) is 3.68. The third-order valence-electron chi connectivity index (χ3n) is 3.68. The van der Waals surface area contributed by atoms with Gasteiger partial charge in [0.05, 0.1) is 6.10 Å². The van der Waals surface area contributed by atoms with Crippen molar-refractivity contribution in [1.82, 2.24) is 4.90 Å². The van der Waals surface area contributed by atoms with E-state index in [-0.39, 0.29) is 5.91 Å². The predicted molar refractivity (Wildman–Crippen MR) is 76.3 cm³/mol. The molecule has 0 spiro atoms. The highest BCUT2D eigenvalue weighted by atomic mass is 16.3. The van der Waals surface area contributed by atoms with Crippen LogP contribution in [-0.4, -0.2) is 43.6 Å². The normalized spacial score (nSPS) is 16.7. The summed E-state index contributed by atoms with van der Waals surface area (Å²) in [5.74, 6) is 0.161. The van der Waals surface area contributed by atoms with Crippen LogP contribution in [0.2, 0.25) is 0 Å². The molecule has 4 heteroatoms. The van der Waals surface area contributed by atoms with Crippen molar-refractivity contribution in [3.63, 3.8) is 0 Å². The minimum absolute atomic E-state index is 0.161. The van der Waals surface area contributed by atoms with Crippen molar-refractivity contribution in [3.8, 4) is 0 Å². The minimum Gasteiger partial charge on any atom is -0.388 e. The van der Waals surface area contributed by atoms with E-state index < -0.39 is 6.10 Å². The lowest BCUT2D eigenvalue weighted by Gasteiger charge is -2.26. The molecule has 19 heavy (non-hydrogen) atoms. The molecule has 0 aromatic heterocycles. The summed E-state index contributed by atoms with van der Waals surface area (Å²) in [4.78, 5) is 15.4. The summed E-state index contributed by atoms with van der Waals surface area (Å²) in [5.41, 5.74) is 3.08. The van der Waals surface area contributed by atoms with Crippen LogP contribution in [0.5, 0.6) is 0 Å². The molecule has 0 fully saturated rings. The van der Waals surface area contributed by atoms with Gasteiger partial charge in [0.15, 0.2) is 0 Å². The average molecular weight is 262 g/mol. The molecule has 1 N–H and O–H groups in total. The van der Waals surface area contributed by atoms with Gasteiger partial charge in [-0.1, -0.05) is 12.1 Å². The number of rotatable bonds is 4. The van der Waals surface area contributed by atoms with Crippen LogP contribution in [0.1, 0.15) is 30.1 Å². The van der Waals surface area contributed by atoms with E-state index in [1.54, 1.807) is 4.90 Å². The van der Waals surface area contributed by atoms with E-state index in [0.29, 0.717) is 6.42 Å². The quantitative estimate of drug-likeness (QED) is 0.896. The van der Waals surface area contributed by atoms with Gasteiger partial charge in [-0.15, -0.1) is 0 Å². The first kappa shape index (κ1) is 14.0. The Morgan fingerprint density at radius 2 is 2.11 bits per heavy atom. The highest BCUT2D eigenvalue weighted by molar-refractivity contribution is 5.95. The Balaban J connectivity index is 2.15. The summed E-state index contributed by atoms with van der Waals surface area (Å²) in [5, 5.41) is 10.2. The van der Waals surface area contributed by atoms with Crippen molar-refractivity contribution in [1.29, 1.82) is 0 Å². The molecule has 1 aromatic rings. The Kier molecular flexibility index (Phi) is 4.22. The van der Waals surface area contributed by atoms with Crippen LogP contribution in [0.25, 0.3) is 0 Å². The minimum atomic E-state index is -0.435. The topological polar surface area (TPSA) is 43.8 Å². The molecule has 0 saturated heterocycles. The van der Waals surface area contributed by atoms with Crippen LogP contribution in [0.4, 0.5) is 5.69 Å². The van der Waals surface area contributed by atoms with Gasteiger partial charge in [-0.3, -0.25) is 4.79 Å². The van der Waals surface area contributed by atoms with Crippen molar-refractivity contribution in [3.05, 3.63) is 29.3 Å². The molecule has 0 bridgehead atoms. The fourth-order valence-electron chi connectivity index (χ4n) is 2.43. The van der Waals surface area contributed by atoms with Crippen LogP contribution in [0, 0.1) is 0 Å². The molecule has 4 nitrogen and oxygen atoms in total. The number of nitrogens with zero attached hydrogens (tertiary/aromatic N) is 2. The second-order valence-electron chi connectivity index (χ2n) is 5.45. The molecule has 1 aromatic carbocycles. The van der Waals surface area contributed by atoms with Crippen molar-refractivity contribution < 1.29 is 9.90 Å². The molecule has 1 aliphatic heterocycles. The summed E-state index contributed by atoms with van der Waals surface area (Å²) in [6, 6.07) is 5.91. The number of aliphatic hydroxyl groups is 1. The van der Waals surface area contributed by atoms with E-state index in [1.807, 2.05) is 39.3 Å². The molecule has 1 atom stereocenters. The first-order valence-electron chi connectivity index (χ1n) is 6.71. The predicted octanol–water partition coefficient (Wildman–Crippen LogP) is 1.58. The van der Waals surface area contributed by atoms with E-state index in [4.69, 9.17) is 0 Å². The van der Waals surface area contributed by atoms with Gasteiger partial charge in [0.2, 0.25) is 5.91 Å². The summed E-state index contributed by atoms with van der Waals surface area (Å²) in [7, 11) is 5.81. The molecule has 0 radical (unpaired) electrons. The van der Waals surface area contributed by atoms with Gasteiger partial charge in [0.25, 0.3) is 0 Å². The third kappa shape index (κ3) is 3.14. The lowest BCUT2D eigenvalue weighted by atomic mass is 9.96. The maximum absolute atomic E-state index is 11.6. The molecular formula is C15H22N2O2. The lowest BCUT2D eigenvalue weighted by Crippen LogP contribution is -2.31. The van der Waals surface area contributed by atoms with Crippen LogP contribution in [0.3, 0.4) is 0 Å². The number of hydrogen-bond acceptors (Lipinski definition) is 3. The van der Waals surface area contributed by atoms with Gasteiger partial charge in [0.1, 0.15) is 0 Å². The van der Waals surface area contributed by atoms with Gasteiger partial charge in [-0.2, -0.15) is 0 Å². The molecule has 1 heterocycles. The monoisotopic (exact) mass is 262 g/mol. The first-order chi connectivity index (χ1) is 8.99. The second-order valence-corrected chi connectivity index (χ2v) is 5.45. The Morgan fingerprint density at radius 3 is 2.79 bits per heavy atom. The number of aliphatic hydroxyl groups excluding tert-OH is 1. The van der Waals surface area contributed by atoms with E-state index >= 15 is 0 Å². The molecule has 2 rings (SSSR count). The van der Waals surface area contributed by atoms with Crippen molar-refractivity contribution in [2.75, 3.05) is 32.6 Å². The SMILES string of the molecule is CN(C)CCC(O)c1ccc2c(c1)CCC(=O)N2C. The van der Waals surface area contributed by atoms with Crippen LogP contribution >= 0.6 is 0 Å². The molecule has 0 saturated carbocycles. The fourth-order valence-corrected chi connectivity index (χ4v) is 2.43. The number of fused-ring (bicyclic) bond motifs is 1. The molecule has 0 aliphatic carbocycles. The van der Waals surface area contributed by atoms with Crippen LogP contribution in [0.15, 0.2) is 18.2 Å². The van der Waals surface area contributed by atoms with Crippen LogP contribution < -0.4 is 4.90 Å². The molecule has 1 unspecified atom stereocenters. The number of hydrogen-bond donors (Lipinski definition) is 1. The summed E-state index contributed by atoms with van der Waals surface area (Å²) < 4.78 is 0. The Bertz CT molecular complexity index is 471. The standard InChI is InChI=1S/C15H22N2O2/c1-16(2)9-8-14(18)12-4-6-13-11(10-12)5-7-15(19)17(13)3/h4,6,10,14,18H,5,7-9H2,1-3H3. The zero-order chi connectivity index (χ0) is 14.0. The van der Waals surface area contributed by atoms with Gasteiger partial charge in [-0.25, -0.2) is 0 Å². The second kappa shape index (κ2) is 5.72. The van der Waals surface area contributed by atoms with Crippen molar-refractivity contribution >= 4 is 11.6 Å². The fraction of sp³-hybridized carbons (Fsp3) is 0.533. The highest BCUT2D eigenvalue weighted by Crippen LogP contribution is 2.30. The lowest BCUT2D eigenvalue weighted by molar-refractivity contribution is -0.118. The van der Waals surface area contributed by atoms with Gasteiger partial charge in [-0.05, 0) is 44.1 Å². The first-order valence-corrected chi connectivity index (χ1v) is 6.71. The van der Waals surface area contributed by atoms with Crippen LogP contribution in [-0.2, 0) is 11.2 Å². The largest absolute Gasteiger partial charge is 0.388 e. The average Bonchev–Trinajstić information content (AvgIpc) is 2.40. The molecule has 1 amide bonds. The number of carbonyl (C=O) groups excluding carboxylic acids is 1. The Morgan fingerprint density at radius 1 is 1.37 bits per heavy atom. The van der Waals surface area contributed by atoms with Crippen molar-refractivity contribution in [2.24, 2.45) is 0 Å². The maximum atomic E-state index is 11.6. The summed E-state index contributed by atoms with van der Waals surface area (Å²) in [6.07, 6.45) is 1.62. The van der Waals surface area contributed by atoms with E-state index in [2.05, 4.69) is 4.90 Å². The Labute approximate surface area is 114 Å². The van der Waals surface area contributed by atoms with Gasteiger partial charge in [0, 0.05) is 25.7 Å². The van der Waals surface area contributed by atoms with Crippen molar-refractivity contribution in [2.45, 2.75) is 25.4 Å². The number of anilines is 1. The molecule has 104 valence electrons. The maximum Gasteiger partial charge on any atom is 0.227 e. The molecular weight excluding hydrogens is 240 g/mol. The van der Waals surface area contributed by atoms with E-state index in [9.17, 15) is 9.90 Å². The zero-order valence-electron chi connectivity index (χ0n) is 11.9. The number of aryl methyl sites for hydroxylation is 1. The smallest absolute Gasteiger partial charge is 0.227 e. The van der Waals surface area contributed by atoms with Gasteiger partial charge >= 0.3 is 0 Å².